The number of rotatable bonds is 6. The molecule has 0 unspecified atom stereocenters. The van der Waals surface area contributed by atoms with Crippen molar-refractivity contribution in [2.24, 2.45) is 0 Å². The Hall–Kier alpha value is -0.610. The molecule has 0 spiro atoms. The fourth-order valence-electron chi connectivity index (χ4n) is 0.605. The fraction of sp³-hybridized carbons (Fsp3) is 0.875. The van der Waals surface area contributed by atoms with Gasteiger partial charge in [-0.1, -0.05) is 0 Å². The summed E-state index contributed by atoms with van der Waals surface area (Å²) < 4.78 is 9.71. The van der Waals surface area contributed by atoms with E-state index in [4.69, 9.17) is 4.74 Å². The lowest BCUT2D eigenvalue weighted by molar-refractivity contribution is -0.148. The first kappa shape index (κ1) is 11.4. The number of hydrogen-bond acceptors (Lipinski definition) is 4. The Bertz CT molecular complexity index is 125. The van der Waals surface area contributed by atoms with Crippen LogP contribution in [0.15, 0.2) is 0 Å². The normalized spacial score (nSPS) is 10.3. The van der Waals surface area contributed by atoms with E-state index in [2.05, 4.69) is 4.74 Å². The molecule has 0 rings (SSSR count). The minimum absolute atomic E-state index is 0.0572. The number of carbonyl (C=O) groups is 1. The van der Waals surface area contributed by atoms with Crippen LogP contribution in [0.2, 0.25) is 0 Å². The van der Waals surface area contributed by atoms with Gasteiger partial charge in [-0.3, -0.25) is 0 Å². The van der Waals surface area contributed by atoms with Crippen LogP contribution in [0.3, 0.4) is 0 Å². The third-order valence-electron chi connectivity index (χ3n) is 1.21. The Morgan fingerprint density at radius 3 is 2.58 bits per heavy atom. The van der Waals surface area contributed by atoms with Gasteiger partial charge in [0, 0.05) is 6.54 Å². The highest BCUT2D eigenvalue weighted by Crippen LogP contribution is 1.82. The molecule has 0 heterocycles. The molecule has 0 aromatic heterocycles. The number of hydrogen-bond donors (Lipinski definition) is 0. The first-order chi connectivity index (χ1) is 5.66. The Balaban J connectivity index is 3.14. The zero-order valence-electron chi connectivity index (χ0n) is 8.00. The molecule has 0 N–H and O–H groups in total. The smallest absolute Gasteiger partial charge is 0.332 e. The van der Waals surface area contributed by atoms with E-state index in [1.54, 1.807) is 6.92 Å². The molecule has 0 saturated carbocycles. The molecular formula is C8H17NO3. The Morgan fingerprint density at radius 1 is 1.42 bits per heavy atom. The van der Waals surface area contributed by atoms with Crippen molar-refractivity contribution in [1.82, 2.24) is 4.90 Å². The van der Waals surface area contributed by atoms with Crippen LogP contribution in [0.1, 0.15) is 6.92 Å². The van der Waals surface area contributed by atoms with Crippen LogP contribution in [-0.4, -0.2) is 51.3 Å². The van der Waals surface area contributed by atoms with Crippen molar-refractivity contribution in [3.05, 3.63) is 0 Å². The summed E-state index contributed by atoms with van der Waals surface area (Å²) in [5, 5.41) is 0. The van der Waals surface area contributed by atoms with E-state index >= 15 is 0 Å². The van der Waals surface area contributed by atoms with Crippen LogP contribution in [0.5, 0.6) is 0 Å². The predicted molar refractivity (Wildman–Crippen MR) is 46.0 cm³/mol. The van der Waals surface area contributed by atoms with Crippen molar-refractivity contribution in [3.8, 4) is 0 Å². The summed E-state index contributed by atoms with van der Waals surface area (Å²) in [5.41, 5.74) is 0. The second-order valence-corrected chi connectivity index (χ2v) is 2.66. The zero-order valence-corrected chi connectivity index (χ0v) is 8.00. The van der Waals surface area contributed by atoms with E-state index in [9.17, 15) is 4.79 Å². The van der Waals surface area contributed by atoms with Gasteiger partial charge in [0.1, 0.15) is 6.61 Å². The largest absolute Gasteiger partial charge is 0.464 e. The molecule has 0 aromatic carbocycles. The van der Waals surface area contributed by atoms with E-state index in [1.165, 1.54) is 0 Å². The molecule has 4 nitrogen and oxygen atoms in total. The number of likely N-dealkylation sites (N-methyl/N-ethyl adjacent to an activating group) is 1. The number of carbonyl (C=O) groups excluding carboxylic acids is 1. The fourth-order valence-corrected chi connectivity index (χ4v) is 0.605. The molecule has 0 aliphatic heterocycles. The molecule has 0 atom stereocenters. The van der Waals surface area contributed by atoms with E-state index in [0.29, 0.717) is 13.2 Å². The average Bonchev–Trinajstić information content (AvgIpc) is 1.98. The topological polar surface area (TPSA) is 38.8 Å². The summed E-state index contributed by atoms with van der Waals surface area (Å²) in [6.07, 6.45) is 0. The van der Waals surface area contributed by atoms with Crippen molar-refractivity contribution in [2.45, 2.75) is 6.92 Å². The highest BCUT2D eigenvalue weighted by atomic mass is 16.6. The molecular weight excluding hydrogens is 158 g/mol. The monoisotopic (exact) mass is 175 g/mol. The summed E-state index contributed by atoms with van der Waals surface area (Å²) in [5.74, 6) is -0.295. The van der Waals surface area contributed by atoms with E-state index in [-0.39, 0.29) is 12.6 Å². The van der Waals surface area contributed by atoms with Gasteiger partial charge in [0.25, 0.3) is 0 Å². The maximum Gasteiger partial charge on any atom is 0.332 e. The van der Waals surface area contributed by atoms with Crippen LogP contribution in [0.4, 0.5) is 0 Å². The van der Waals surface area contributed by atoms with Crippen molar-refractivity contribution >= 4 is 5.97 Å². The lowest BCUT2D eigenvalue weighted by Crippen LogP contribution is -2.21. The van der Waals surface area contributed by atoms with Gasteiger partial charge in [-0.15, -0.1) is 0 Å². The van der Waals surface area contributed by atoms with Gasteiger partial charge < -0.3 is 14.4 Å². The highest BCUT2D eigenvalue weighted by molar-refractivity contribution is 5.70. The maximum atomic E-state index is 10.7. The first-order valence-electron chi connectivity index (χ1n) is 4.05. The number of nitrogens with zero attached hydrogens (tertiary/aromatic N) is 1. The molecule has 0 radical (unpaired) electrons. The van der Waals surface area contributed by atoms with Crippen LogP contribution in [-0.2, 0) is 14.3 Å². The predicted octanol–water partition coefficient (Wildman–Crippen LogP) is 0.128. The van der Waals surface area contributed by atoms with E-state index in [0.717, 1.165) is 6.54 Å². The Morgan fingerprint density at radius 2 is 2.08 bits per heavy atom. The minimum Gasteiger partial charge on any atom is -0.464 e. The zero-order chi connectivity index (χ0) is 9.40. The average molecular weight is 175 g/mol. The standard InChI is InChI=1S/C8H17NO3/c1-4-12-8(10)7-11-6-5-9(2)3/h4-7H2,1-3H3. The number of ether oxygens (including phenoxy) is 2. The molecule has 0 aliphatic carbocycles. The maximum absolute atomic E-state index is 10.7. The quantitative estimate of drug-likeness (QED) is 0.425. The Kier molecular flexibility index (Phi) is 6.70. The lowest BCUT2D eigenvalue weighted by Gasteiger charge is -2.09. The summed E-state index contributed by atoms with van der Waals surface area (Å²) in [6.45, 7) is 3.63. The third kappa shape index (κ3) is 7.50. The molecule has 0 amide bonds. The van der Waals surface area contributed by atoms with Gasteiger partial charge in [0.15, 0.2) is 0 Å². The number of esters is 1. The molecule has 0 fully saturated rings. The summed E-state index contributed by atoms with van der Waals surface area (Å²) in [7, 11) is 3.90. The van der Waals surface area contributed by atoms with Crippen LogP contribution < -0.4 is 0 Å². The van der Waals surface area contributed by atoms with Gasteiger partial charge in [-0.25, -0.2) is 4.79 Å². The second-order valence-electron chi connectivity index (χ2n) is 2.66. The minimum atomic E-state index is -0.295. The molecule has 0 saturated heterocycles. The van der Waals surface area contributed by atoms with Crippen molar-refractivity contribution in [2.75, 3.05) is 40.5 Å². The van der Waals surface area contributed by atoms with Crippen LogP contribution in [0.25, 0.3) is 0 Å². The molecule has 12 heavy (non-hydrogen) atoms. The molecule has 4 heteroatoms. The SMILES string of the molecule is CCOC(=O)COCCN(C)C. The molecule has 0 aromatic rings. The van der Waals surface area contributed by atoms with Crippen molar-refractivity contribution in [3.63, 3.8) is 0 Å². The lowest BCUT2D eigenvalue weighted by atomic mass is 10.6. The van der Waals surface area contributed by atoms with Crippen LogP contribution >= 0.6 is 0 Å². The van der Waals surface area contributed by atoms with Crippen molar-refractivity contribution in [1.29, 1.82) is 0 Å². The van der Waals surface area contributed by atoms with Gasteiger partial charge in [-0.2, -0.15) is 0 Å². The highest BCUT2D eigenvalue weighted by Gasteiger charge is 2.00. The summed E-state index contributed by atoms with van der Waals surface area (Å²) in [6, 6.07) is 0. The van der Waals surface area contributed by atoms with Gasteiger partial charge in [-0.05, 0) is 21.0 Å². The molecule has 0 bridgehead atoms. The Labute approximate surface area is 73.4 Å². The second kappa shape index (κ2) is 7.06. The molecule has 0 aliphatic rings. The molecule has 72 valence electrons. The summed E-state index contributed by atoms with van der Waals surface area (Å²) >= 11 is 0. The van der Waals surface area contributed by atoms with E-state index < -0.39 is 0 Å². The van der Waals surface area contributed by atoms with Gasteiger partial charge in [0.2, 0.25) is 0 Å². The first-order valence-corrected chi connectivity index (χ1v) is 4.05. The van der Waals surface area contributed by atoms with Gasteiger partial charge in [0.05, 0.1) is 13.2 Å². The van der Waals surface area contributed by atoms with E-state index in [1.807, 2.05) is 19.0 Å². The van der Waals surface area contributed by atoms with Crippen molar-refractivity contribution < 1.29 is 14.3 Å². The van der Waals surface area contributed by atoms with Gasteiger partial charge >= 0.3 is 5.97 Å². The third-order valence-corrected chi connectivity index (χ3v) is 1.21. The summed E-state index contributed by atoms with van der Waals surface area (Å²) in [4.78, 5) is 12.7. The van der Waals surface area contributed by atoms with Crippen LogP contribution in [0, 0.1) is 0 Å².